The highest BCUT2D eigenvalue weighted by Crippen LogP contribution is 2.60. The van der Waals surface area contributed by atoms with E-state index in [1.807, 2.05) is 42.5 Å². The van der Waals surface area contributed by atoms with Crippen molar-refractivity contribution in [1.82, 2.24) is 5.32 Å². The Morgan fingerprint density at radius 2 is 1.66 bits per heavy atom. The van der Waals surface area contributed by atoms with Crippen LogP contribution in [-0.2, 0) is 9.59 Å². The standard InChI is InChI=1S/C27H28Cl2N2O4/c1-17-26(24(32)33,14-7-11-19-9-4-3-5-10-19)23(20-12-6-13-21(28)22(20)29)27(25(34)35,15-8-16-30)18(2)31-17/h3-7,9-13,17-18,23,31H,8,14-15H2,1-2H3,(H,32,33)(H,34,35). The zero-order chi connectivity index (χ0) is 25.8. The first-order valence-corrected chi connectivity index (χ1v) is 12.1. The topological polar surface area (TPSA) is 110 Å². The molecular weight excluding hydrogens is 487 g/mol. The normalized spacial score (nSPS) is 28.5. The summed E-state index contributed by atoms with van der Waals surface area (Å²) in [7, 11) is 0. The fourth-order valence-electron chi connectivity index (χ4n) is 5.61. The molecule has 1 aliphatic rings. The van der Waals surface area contributed by atoms with Crippen LogP contribution in [0, 0.1) is 22.2 Å². The molecule has 5 atom stereocenters. The molecule has 0 radical (unpaired) electrons. The molecule has 1 aliphatic heterocycles. The first kappa shape index (κ1) is 26.7. The Bertz CT molecular complexity index is 1160. The van der Waals surface area contributed by atoms with Gasteiger partial charge < -0.3 is 15.5 Å². The average molecular weight is 515 g/mol. The van der Waals surface area contributed by atoms with Gasteiger partial charge >= 0.3 is 11.9 Å². The van der Waals surface area contributed by atoms with Crippen molar-refractivity contribution in [3.8, 4) is 6.07 Å². The minimum atomic E-state index is -1.63. The van der Waals surface area contributed by atoms with E-state index >= 15 is 0 Å². The summed E-state index contributed by atoms with van der Waals surface area (Å²) in [6.45, 7) is 3.47. The van der Waals surface area contributed by atoms with E-state index in [2.05, 4.69) is 5.32 Å². The summed E-state index contributed by atoms with van der Waals surface area (Å²) in [4.78, 5) is 26.2. The first-order valence-electron chi connectivity index (χ1n) is 11.4. The van der Waals surface area contributed by atoms with Crippen LogP contribution in [0.2, 0.25) is 10.0 Å². The third-order valence-electron chi connectivity index (χ3n) is 7.38. The number of hydrogen-bond acceptors (Lipinski definition) is 4. The van der Waals surface area contributed by atoms with Crippen LogP contribution in [0.15, 0.2) is 54.6 Å². The molecule has 3 rings (SSSR count). The molecule has 35 heavy (non-hydrogen) atoms. The van der Waals surface area contributed by atoms with Gasteiger partial charge in [0.15, 0.2) is 0 Å². The second kappa shape index (κ2) is 10.8. The van der Waals surface area contributed by atoms with Crippen LogP contribution in [0.4, 0.5) is 0 Å². The van der Waals surface area contributed by atoms with Crippen molar-refractivity contribution in [2.45, 2.75) is 51.1 Å². The van der Waals surface area contributed by atoms with Crippen LogP contribution in [0.3, 0.4) is 0 Å². The van der Waals surface area contributed by atoms with Gasteiger partial charge in [-0.3, -0.25) is 9.59 Å². The molecule has 0 aromatic heterocycles. The lowest BCUT2D eigenvalue weighted by Gasteiger charge is -2.57. The van der Waals surface area contributed by atoms with E-state index in [1.165, 1.54) is 0 Å². The van der Waals surface area contributed by atoms with Crippen molar-refractivity contribution in [2.24, 2.45) is 10.8 Å². The highest BCUT2D eigenvalue weighted by molar-refractivity contribution is 6.42. The zero-order valence-electron chi connectivity index (χ0n) is 19.5. The second-order valence-corrected chi connectivity index (χ2v) is 9.84. The Morgan fingerprint density at radius 1 is 1.03 bits per heavy atom. The molecule has 2 aromatic carbocycles. The minimum absolute atomic E-state index is 0.0349. The number of benzene rings is 2. The van der Waals surface area contributed by atoms with Gasteiger partial charge in [0.25, 0.3) is 0 Å². The maximum Gasteiger partial charge on any atom is 0.312 e. The summed E-state index contributed by atoms with van der Waals surface area (Å²) in [6.07, 6.45) is 3.51. The lowest BCUT2D eigenvalue weighted by Crippen LogP contribution is -2.69. The van der Waals surface area contributed by atoms with Crippen LogP contribution in [0.25, 0.3) is 6.08 Å². The molecule has 3 N–H and O–H groups in total. The predicted octanol–water partition coefficient (Wildman–Crippen LogP) is 6.01. The Labute approximate surface area is 215 Å². The number of nitrogens with zero attached hydrogens (tertiary/aromatic N) is 1. The van der Waals surface area contributed by atoms with Crippen molar-refractivity contribution in [3.63, 3.8) is 0 Å². The summed E-state index contributed by atoms with van der Waals surface area (Å²) in [6, 6.07) is 15.1. The molecule has 0 amide bonds. The molecule has 0 bridgehead atoms. The van der Waals surface area contributed by atoms with Gasteiger partial charge in [0.1, 0.15) is 0 Å². The molecule has 8 heteroatoms. The molecule has 5 unspecified atom stereocenters. The van der Waals surface area contributed by atoms with Gasteiger partial charge in [-0.05, 0) is 43.9 Å². The SMILES string of the molecule is CC1NC(C)C(CCC#N)(C(=O)O)C(c2cccc(Cl)c2Cl)C1(CC=Cc1ccccc1)C(=O)O. The molecule has 0 spiro atoms. The van der Waals surface area contributed by atoms with E-state index in [-0.39, 0.29) is 29.3 Å². The largest absolute Gasteiger partial charge is 0.481 e. The van der Waals surface area contributed by atoms with Crippen molar-refractivity contribution < 1.29 is 19.8 Å². The van der Waals surface area contributed by atoms with Crippen molar-refractivity contribution in [2.75, 3.05) is 0 Å². The van der Waals surface area contributed by atoms with E-state index in [1.54, 1.807) is 38.1 Å². The number of carbonyl (C=O) groups is 2. The number of piperidine rings is 1. The van der Waals surface area contributed by atoms with Crippen LogP contribution in [0.1, 0.15) is 50.2 Å². The third kappa shape index (κ3) is 4.69. The van der Waals surface area contributed by atoms with Crippen molar-refractivity contribution in [1.29, 1.82) is 5.26 Å². The molecule has 6 nitrogen and oxygen atoms in total. The number of carboxylic acid groups (broad SMARTS) is 2. The van der Waals surface area contributed by atoms with E-state index < -0.39 is 40.8 Å². The molecule has 1 fully saturated rings. The lowest BCUT2D eigenvalue weighted by atomic mass is 9.49. The number of allylic oxidation sites excluding steroid dienone is 1. The second-order valence-electron chi connectivity index (χ2n) is 9.05. The van der Waals surface area contributed by atoms with E-state index in [9.17, 15) is 25.1 Å². The van der Waals surface area contributed by atoms with Gasteiger partial charge in [-0.1, -0.05) is 77.8 Å². The maximum atomic E-state index is 13.2. The van der Waals surface area contributed by atoms with E-state index in [4.69, 9.17) is 23.2 Å². The average Bonchev–Trinajstić information content (AvgIpc) is 2.82. The number of hydrogen-bond donors (Lipinski definition) is 3. The summed E-state index contributed by atoms with van der Waals surface area (Å²) in [5, 5.41) is 34.3. The fourth-order valence-corrected chi connectivity index (χ4v) is 6.03. The van der Waals surface area contributed by atoms with Gasteiger partial charge in [0, 0.05) is 24.4 Å². The van der Waals surface area contributed by atoms with Gasteiger partial charge in [-0.25, -0.2) is 0 Å². The monoisotopic (exact) mass is 514 g/mol. The molecule has 1 heterocycles. The Balaban J connectivity index is 2.32. The van der Waals surface area contributed by atoms with Gasteiger partial charge in [0.2, 0.25) is 0 Å². The van der Waals surface area contributed by atoms with Crippen molar-refractivity contribution >= 4 is 41.2 Å². The van der Waals surface area contributed by atoms with Crippen LogP contribution in [-0.4, -0.2) is 34.2 Å². The van der Waals surface area contributed by atoms with Gasteiger partial charge in [-0.15, -0.1) is 0 Å². The fraction of sp³-hybridized carbons (Fsp3) is 0.370. The van der Waals surface area contributed by atoms with Crippen LogP contribution in [0.5, 0.6) is 0 Å². The molecule has 0 saturated carbocycles. The van der Waals surface area contributed by atoms with Crippen molar-refractivity contribution in [3.05, 3.63) is 75.8 Å². The number of carboxylic acids is 2. The molecule has 184 valence electrons. The lowest BCUT2D eigenvalue weighted by molar-refractivity contribution is -0.172. The first-order chi connectivity index (χ1) is 16.6. The van der Waals surface area contributed by atoms with Crippen LogP contribution >= 0.6 is 23.2 Å². The Kier molecular flexibility index (Phi) is 8.27. The highest BCUT2D eigenvalue weighted by Gasteiger charge is 2.66. The summed E-state index contributed by atoms with van der Waals surface area (Å²) in [5.74, 6) is -3.40. The van der Waals surface area contributed by atoms with Crippen LogP contribution < -0.4 is 5.32 Å². The minimum Gasteiger partial charge on any atom is -0.481 e. The molecule has 0 aliphatic carbocycles. The quantitative estimate of drug-likeness (QED) is 0.397. The summed E-state index contributed by atoms with van der Waals surface area (Å²) in [5.41, 5.74) is -1.98. The summed E-state index contributed by atoms with van der Waals surface area (Å²) >= 11 is 13.0. The highest BCUT2D eigenvalue weighted by atomic mass is 35.5. The number of nitriles is 1. The number of halogens is 2. The van der Waals surface area contributed by atoms with Gasteiger partial charge in [0.05, 0.1) is 26.9 Å². The Morgan fingerprint density at radius 3 is 2.26 bits per heavy atom. The number of aliphatic carboxylic acids is 2. The van der Waals surface area contributed by atoms with E-state index in [0.29, 0.717) is 5.56 Å². The molecular formula is C27H28Cl2N2O4. The van der Waals surface area contributed by atoms with E-state index in [0.717, 1.165) is 5.56 Å². The van der Waals surface area contributed by atoms with Gasteiger partial charge in [-0.2, -0.15) is 5.26 Å². The predicted molar refractivity (Wildman–Crippen MR) is 136 cm³/mol. The third-order valence-corrected chi connectivity index (χ3v) is 8.21. The summed E-state index contributed by atoms with van der Waals surface area (Å²) < 4.78 is 0. The maximum absolute atomic E-state index is 13.2. The Hall–Kier alpha value is -2.85. The number of nitrogens with one attached hydrogen (secondary N) is 1. The smallest absolute Gasteiger partial charge is 0.312 e. The zero-order valence-corrected chi connectivity index (χ0v) is 21.1. The molecule has 1 saturated heterocycles. The molecule has 2 aromatic rings. The number of rotatable bonds is 8.